The maximum absolute atomic E-state index is 14.0. The molecule has 7 fully saturated rings. The first-order valence-electron chi connectivity index (χ1n) is 25.9. The van der Waals surface area contributed by atoms with Crippen molar-refractivity contribution in [2.45, 2.75) is 210 Å². The SMILES string of the molecule is COC1CC2CCC(=O)[C@@H]([C@H](O)CCCC3([C@H]4CN[C@@H]5CC(=O)CC[C@H]5C4)CCCC3)C#C[C@@H](CC[C@H](O)C[C@H](C3CCNC(N)C3)C3CCC4CCCCC4C3)C2CC1O. The average molecular weight is 848 g/mol. The van der Waals surface area contributed by atoms with Crippen molar-refractivity contribution in [1.29, 1.82) is 0 Å². The Morgan fingerprint density at radius 1 is 0.820 bits per heavy atom. The van der Waals surface area contributed by atoms with Crippen LogP contribution in [0.5, 0.6) is 0 Å². The number of hydrogen-bond donors (Lipinski definition) is 6. The minimum Gasteiger partial charge on any atom is -0.393 e. The summed E-state index contributed by atoms with van der Waals surface area (Å²) in [5.74, 6) is 11.7. The largest absolute Gasteiger partial charge is 0.393 e. The molecule has 0 bridgehead atoms. The van der Waals surface area contributed by atoms with Gasteiger partial charge in [-0.2, -0.15) is 0 Å². The van der Waals surface area contributed by atoms with Crippen molar-refractivity contribution in [2.24, 2.45) is 76.2 Å². The number of hydrogen-bond acceptors (Lipinski definition) is 9. The molecule has 0 aromatic rings. The number of piperidine rings is 2. The molecule has 0 aromatic carbocycles. The fraction of sp³-hybridized carbons (Fsp3) is 0.923. The highest BCUT2D eigenvalue weighted by molar-refractivity contribution is 5.84. The number of aliphatic hydroxyl groups is 3. The molecule has 0 spiro atoms. The first-order valence-corrected chi connectivity index (χ1v) is 25.9. The van der Waals surface area contributed by atoms with Crippen LogP contribution in [0, 0.1) is 82.4 Å². The highest BCUT2D eigenvalue weighted by Crippen LogP contribution is 2.53. The second-order valence-electron chi connectivity index (χ2n) is 22.5. The van der Waals surface area contributed by atoms with Crippen LogP contribution in [0.25, 0.3) is 0 Å². The topological polar surface area (TPSA) is 154 Å². The maximum Gasteiger partial charge on any atom is 0.150 e. The number of aliphatic hydroxyl groups excluding tert-OH is 3. The van der Waals surface area contributed by atoms with Crippen molar-refractivity contribution < 1.29 is 29.6 Å². The van der Waals surface area contributed by atoms with Crippen molar-refractivity contribution in [3.63, 3.8) is 0 Å². The van der Waals surface area contributed by atoms with Crippen molar-refractivity contribution in [1.82, 2.24) is 10.6 Å². The smallest absolute Gasteiger partial charge is 0.150 e. The van der Waals surface area contributed by atoms with E-state index in [4.69, 9.17) is 10.5 Å². The monoisotopic (exact) mass is 848 g/mol. The Balaban J connectivity index is 0.932. The lowest BCUT2D eigenvalue weighted by atomic mass is 9.61. The molecule has 9 nitrogen and oxygen atoms in total. The van der Waals surface area contributed by atoms with E-state index in [-0.39, 0.29) is 41.2 Å². The summed E-state index contributed by atoms with van der Waals surface area (Å²) in [5.41, 5.74) is 6.79. The zero-order valence-corrected chi connectivity index (χ0v) is 38.0. The summed E-state index contributed by atoms with van der Waals surface area (Å²) in [4.78, 5) is 26.2. The van der Waals surface area contributed by atoms with Gasteiger partial charge in [0.15, 0.2) is 0 Å². The van der Waals surface area contributed by atoms with Crippen LogP contribution in [0.15, 0.2) is 0 Å². The molecule has 9 heteroatoms. The Hall–Kier alpha value is -1.38. The van der Waals surface area contributed by atoms with Crippen molar-refractivity contribution in [3.8, 4) is 11.8 Å². The predicted molar refractivity (Wildman–Crippen MR) is 240 cm³/mol. The van der Waals surface area contributed by atoms with E-state index in [1.807, 2.05) is 0 Å². The second-order valence-corrected chi connectivity index (χ2v) is 22.5. The molecule has 0 radical (unpaired) electrons. The van der Waals surface area contributed by atoms with Crippen LogP contribution < -0.4 is 16.4 Å². The molecule has 61 heavy (non-hydrogen) atoms. The van der Waals surface area contributed by atoms with Gasteiger partial charge in [0, 0.05) is 38.3 Å². The number of ketones is 2. The summed E-state index contributed by atoms with van der Waals surface area (Å²) < 4.78 is 5.76. The standard InChI is InChI=1S/C52H85N3O6/c1-61-50-27-37-15-19-48(59)43(47(58)9-6-23-52(21-4-5-22-52)40-26-39-13-17-42(57)30-46(39)55-32-40)18-14-34(45(37)31-49(50)60)12-16-41(56)29-44(38-20-24-54-51(53)28-38)36-11-10-33-7-2-3-8-35(33)25-36/h33-41,43-47,49-51,54-56,58,60H,2-13,15-17,19-32,53H2,1H3/t33?,34-,35?,36?,37?,38?,39+,40-,41+,43-,44+,45?,46-,47-,49?,50?,51?/m1/s1. The van der Waals surface area contributed by atoms with Gasteiger partial charge in [0.25, 0.3) is 0 Å². The van der Waals surface area contributed by atoms with Gasteiger partial charge in [-0.1, -0.05) is 56.8 Å². The average Bonchev–Trinajstić information content (AvgIpc) is 3.77. The van der Waals surface area contributed by atoms with Crippen LogP contribution in [-0.4, -0.2) is 83.7 Å². The summed E-state index contributed by atoms with van der Waals surface area (Å²) in [6, 6.07) is 0.354. The van der Waals surface area contributed by atoms with E-state index in [1.165, 1.54) is 77.0 Å². The van der Waals surface area contributed by atoms with Gasteiger partial charge in [0.2, 0.25) is 0 Å². The van der Waals surface area contributed by atoms with E-state index in [9.17, 15) is 24.9 Å². The molecule has 17 atom stereocenters. The number of methoxy groups -OCH3 is 1. The zero-order valence-electron chi connectivity index (χ0n) is 38.0. The van der Waals surface area contributed by atoms with Gasteiger partial charge in [0.1, 0.15) is 17.5 Å². The molecule has 0 amide bonds. The van der Waals surface area contributed by atoms with Crippen molar-refractivity contribution in [3.05, 3.63) is 0 Å². The predicted octanol–water partition coefficient (Wildman–Crippen LogP) is 7.46. The fourth-order valence-electron chi connectivity index (χ4n) is 15.6. The van der Waals surface area contributed by atoms with Gasteiger partial charge in [-0.25, -0.2) is 0 Å². The summed E-state index contributed by atoms with van der Waals surface area (Å²) in [7, 11) is 1.68. The van der Waals surface area contributed by atoms with Crippen LogP contribution in [-0.2, 0) is 14.3 Å². The fourth-order valence-corrected chi connectivity index (χ4v) is 15.6. The highest BCUT2D eigenvalue weighted by atomic mass is 16.5. The third-order valence-corrected chi connectivity index (χ3v) is 19.1. The second kappa shape index (κ2) is 21.3. The molecule has 2 aliphatic heterocycles. The van der Waals surface area contributed by atoms with E-state index < -0.39 is 24.2 Å². The molecule has 8 rings (SSSR count). The van der Waals surface area contributed by atoms with Crippen LogP contribution in [0.1, 0.15) is 173 Å². The van der Waals surface area contributed by atoms with Crippen molar-refractivity contribution in [2.75, 3.05) is 20.2 Å². The highest BCUT2D eigenvalue weighted by Gasteiger charge is 2.47. The molecule has 2 saturated heterocycles. The molecular weight excluding hydrogens is 763 g/mol. The lowest BCUT2D eigenvalue weighted by Gasteiger charge is -2.47. The number of ether oxygens (including phenoxy) is 1. The number of fused-ring (bicyclic) bond motifs is 3. The first-order chi connectivity index (χ1) is 29.6. The lowest BCUT2D eigenvalue weighted by Crippen LogP contribution is -2.52. The van der Waals surface area contributed by atoms with E-state index in [2.05, 4.69) is 22.5 Å². The Kier molecular flexibility index (Phi) is 16.1. The van der Waals surface area contributed by atoms with Gasteiger partial charge in [-0.05, 0) is 181 Å². The van der Waals surface area contributed by atoms with Gasteiger partial charge < -0.3 is 36.4 Å². The van der Waals surface area contributed by atoms with Gasteiger partial charge in [-0.15, -0.1) is 0 Å². The minimum atomic E-state index is -0.795. The molecule has 2 heterocycles. The molecular formula is C52H85N3O6. The first kappa shape index (κ1) is 46.2. The summed E-state index contributed by atoms with van der Waals surface area (Å²) in [6.45, 7) is 1.95. The quantitative estimate of drug-likeness (QED) is 0.0979. The molecule has 7 N–H and O–H groups in total. The van der Waals surface area contributed by atoms with E-state index in [0.29, 0.717) is 79.9 Å². The Labute approximate surface area is 369 Å². The molecule has 5 saturated carbocycles. The molecule has 6 aliphatic carbocycles. The van der Waals surface area contributed by atoms with Crippen LogP contribution in [0.4, 0.5) is 0 Å². The summed E-state index contributed by atoms with van der Waals surface area (Å²) in [6.07, 6.45) is 25.5. The van der Waals surface area contributed by atoms with Gasteiger partial charge >= 0.3 is 0 Å². The van der Waals surface area contributed by atoms with Crippen LogP contribution in [0.2, 0.25) is 0 Å². The number of nitrogens with one attached hydrogen (secondary N) is 2. The number of carbonyl (C=O) groups is 2. The number of rotatable bonds is 14. The van der Waals surface area contributed by atoms with E-state index in [1.54, 1.807) is 7.11 Å². The van der Waals surface area contributed by atoms with E-state index in [0.717, 1.165) is 82.7 Å². The minimum absolute atomic E-state index is 0.0338. The lowest BCUT2D eigenvalue weighted by molar-refractivity contribution is -0.125. The van der Waals surface area contributed by atoms with Gasteiger partial charge in [0.05, 0.1) is 30.6 Å². The molecule has 0 aromatic heterocycles. The number of carbonyl (C=O) groups excluding carboxylic acids is 2. The van der Waals surface area contributed by atoms with Crippen molar-refractivity contribution >= 4 is 11.6 Å². The number of Topliss-reactive ketones (excluding diaryl/α,β-unsaturated/α-hetero) is 2. The normalized spacial score (nSPS) is 42.0. The third kappa shape index (κ3) is 11.2. The zero-order chi connectivity index (χ0) is 42.5. The molecule has 8 aliphatic rings. The van der Waals surface area contributed by atoms with Gasteiger partial charge in [-0.3, -0.25) is 9.59 Å². The Bertz CT molecular complexity index is 1510. The summed E-state index contributed by atoms with van der Waals surface area (Å²) in [5, 5.41) is 42.4. The third-order valence-electron chi connectivity index (χ3n) is 19.1. The van der Waals surface area contributed by atoms with E-state index >= 15 is 0 Å². The Morgan fingerprint density at radius 3 is 2.41 bits per heavy atom. The number of nitrogens with two attached hydrogens (primary N) is 1. The van der Waals surface area contributed by atoms with Crippen LogP contribution >= 0.6 is 0 Å². The van der Waals surface area contributed by atoms with Crippen LogP contribution in [0.3, 0.4) is 0 Å². The maximum atomic E-state index is 14.0. The summed E-state index contributed by atoms with van der Waals surface area (Å²) >= 11 is 0. The molecule has 344 valence electrons. The Morgan fingerprint density at radius 2 is 1.61 bits per heavy atom. The molecule has 9 unspecified atom stereocenters.